The van der Waals surface area contributed by atoms with Crippen molar-refractivity contribution in [2.45, 2.75) is 12.5 Å². The van der Waals surface area contributed by atoms with Gasteiger partial charge >= 0.3 is 0 Å². The SMILES string of the molecule is O=C1Nc2ccccc2C1C=Nc1ccc(NCc2cccnc2)c(F)c1. The van der Waals surface area contributed by atoms with Gasteiger partial charge < -0.3 is 10.6 Å². The van der Waals surface area contributed by atoms with Crippen LogP contribution < -0.4 is 10.6 Å². The Morgan fingerprint density at radius 3 is 2.89 bits per heavy atom. The van der Waals surface area contributed by atoms with Crippen LogP contribution >= 0.6 is 0 Å². The number of aromatic nitrogens is 1. The predicted molar refractivity (Wildman–Crippen MR) is 104 cm³/mol. The molecule has 0 bridgehead atoms. The maximum absolute atomic E-state index is 14.3. The summed E-state index contributed by atoms with van der Waals surface area (Å²) in [5, 5.41) is 5.86. The summed E-state index contributed by atoms with van der Waals surface area (Å²) in [6.07, 6.45) is 4.98. The topological polar surface area (TPSA) is 66.4 Å². The van der Waals surface area contributed by atoms with E-state index in [0.717, 1.165) is 16.8 Å². The molecule has 1 aliphatic heterocycles. The quantitative estimate of drug-likeness (QED) is 0.668. The van der Waals surface area contributed by atoms with E-state index in [4.69, 9.17) is 0 Å². The second-order valence-electron chi connectivity index (χ2n) is 6.21. The van der Waals surface area contributed by atoms with Gasteiger partial charge in [0.1, 0.15) is 11.7 Å². The highest BCUT2D eigenvalue weighted by atomic mass is 19.1. The number of para-hydroxylation sites is 1. The fourth-order valence-corrected chi connectivity index (χ4v) is 2.97. The lowest BCUT2D eigenvalue weighted by molar-refractivity contribution is -0.115. The Kier molecular flexibility index (Phi) is 4.61. The molecule has 2 heterocycles. The molecular weight excluding hydrogens is 343 g/mol. The minimum Gasteiger partial charge on any atom is -0.379 e. The summed E-state index contributed by atoms with van der Waals surface area (Å²) < 4.78 is 14.3. The average Bonchev–Trinajstić information content (AvgIpc) is 3.01. The van der Waals surface area contributed by atoms with Gasteiger partial charge in [-0.3, -0.25) is 14.8 Å². The third-order valence-electron chi connectivity index (χ3n) is 4.37. The minimum absolute atomic E-state index is 0.129. The summed E-state index contributed by atoms with van der Waals surface area (Å²) in [4.78, 5) is 20.4. The summed E-state index contributed by atoms with van der Waals surface area (Å²) >= 11 is 0. The van der Waals surface area contributed by atoms with E-state index < -0.39 is 11.7 Å². The van der Waals surface area contributed by atoms with Crippen LogP contribution in [0.4, 0.5) is 21.5 Å². The molecule has 1 unspecified atom stereocenters. The maximum atomic E-state index is 14.3. The van der Waals surface area contributed by atoms with E-state index in [-0.39, 0.29) is 5.91 Å². The van der Waals surface area contributed by atoms with Crippen molar-refractivity contribution in [3.63, 3.8) is 0 Å². The largest absolute Gasteiger partial charge is 0.379 e. The molecule has 1 amide bonds. The van der Waals surface area contributed by atoms with Gasteiger partial charge in [0.15, 0.2) is 0 Å². The first kappa shape index (κ1) is 16.9. The van der Waals surface area contributed by atoms with E-state index in [9.17, 15) is 9.18 Å². The monoisotopic (exact) mass is 360 g/mol. The Labute approximate surface area is 156 Å². The van der Waals surface area contributed by atoms with Crippen molar-refractivity contribution < 1.29 is 9.18 Å². The van der Waals surface area contributed by atoms with Crippen LogP contribution in [-0.4, -0.2) is 17.1 Å². The normalized spacial score (nSPS) is 15.6. The average molecular weight is 360 g/mol. The van der Waals surface area contributed by atoms with Crippen LogP contribution in [0.3, 0.4) is 0 Å². The lowest BCUT2D eigenvalue weighted by Crippen LogP contribution is -2.12. The van der Waals surface area contributed by atoms with Crippen LogP contribution in [0.25, 0.3) is 0 Å². The molecule has 134 valence electrons. The van der Waals surface area contributed by atoms with Gasteiger partial charge in [0.05, 0.1) is 11.4 Å². The number of halogens is 1. The van der Waals surface area contributed by atoms with Gasteiger partial charge in [-0.1, -0.05) is 24.3 Å². The molecule has 0 radical (unpaired) electrons. The minimum atomic E-state index is -0.465. The van der Waals surface area contributed by atoms with Gasteiger partial charge in [-0.05, 0) is 35.4 Å². The van der Waals surface area contributed by atoms with Crippen molar-refractivity contribution in [2.24, 2.45) is 4.99 Å². The summed E-state index contributed by atoms with van der Waals surface area (Å²) in [5.41, 5.74) is 3.48. The molecule has 0 aliphatic carbocycles. The molecule has 0 saturated heterocycles. The number of hydrogen-bond acceptors (Lipinski definition) is 4. The second-order valence-corrected chi connectivity index (χ2v) is 6.21. The number of pyridine rings is 1. The Hall–Kier alpha value is -3.54. The number of benzene rings is 2. The molecule has 6 heteroatoms. The van der Waals surface area contributed by atoms with Crippen LogP contribution in [0.5, 0.6) is 0 Å². The van der Waals surface area contributed by atoms with E-state index in [1.807, 2.05) is 36.4 Å². The van der Waals surface area contributed by atoms with Crippen LogP contribution in [0.2, 0.25) is 0 Å². The number of nitrogens with zero attached hydrogens (tertiary/aromatic N) is 2. The molecule has 2 N–H and O–H groups in total. The molecule has 3 aromatic rings. The zero-order valence-electron chi connectivity index (χ0n) is 14.4. The standard InChI is InChI=1S/C21H17FN4O/c22-18-10-15(7-8-20(18)25-12-14-4-3-9-23-11-14)24-13-17-16-5-1-2-6-19(16)26-21(17)27/h1-11,13,17,25H,12H2,(H,26,27). The number of carbonyl (C=O) groups excluding carboxylic acids is 1. The van der Waals surface area contributed by atoms with Crippen LogP contribution in [0.1, 0.15) is 17.0 Å². The number of aliphatic imine (C=N–C) groups is 1. The number of hydrogen-bond donors (Lipinski definition) is 2. The van der Waals surface area contributed by atoms with Crippen molar-refractivity contribution in [3.05, 3.63) is 83.9 Å². The van der Waals surface area contributed by atoms with Gasteiger partial charge in [-0.15, -0.1) is 0 Å². The first-order chi connectivity index (χ1) is 13.2. The van der Waals surface area contributed by atoms with Gasteiger partial charge in [0.2, 0.25) is 5.91 Å². The van der Waals surface area contributed by atoms with Crippen LogP contribution in [0.15, 0.2) is 72.0 Å². The smallest absolute Gasteiger partial charge is 0.237 e. The molecule has 0 spiro atoms. The summed E-state index contributed by atoms with van der Waals surface area (Å²) in [7, 11) is 0. The van der Waals surface area contributed by atoms with Gasteiger partial charge in [0.25, 0.3) is 0 Å². The van der Waals surface area contributed by atoms with Crippen LogP contribution in [-0.2, 0) is 11.3 Å². The van der Waals surface area contributed by atoms with Crippen molar-refractivity contribution in [3.8, 4) is 0 Å². The molecule has 1 atom stereocenters. The number of rotatable bonds is 5. The van der Waals surface area contributed by atoms with E-state index in [2.05, 4.69) is 20.6 Å². The number of nitrogens with one attached hydrogen (secondary N) is 2. The highest BCUT2D eigenvalue weighted by Gasteiger charge is 2.28. The molecule has 2 aromatic carbocycles. The molecule has 1 aromatic heterocycles. The summed E-state index contributed by atoms with van der Waals surface area (Å²) in [6, 6.07) is 15.9. The number of amides is 1. The molecule has 5 nitrogen and oxygen atoms in total. The lowest BCUT2D eigenvalue weighted by atomic mass is 10.0. The maximum Gasteiger partial charge on any atom is 0.237 e. The van der Waals surface area contributed by atoms with E-state index in [1.54, 1.807) is 30.7 Å². The first-order valence-corrected chi connectivity index (χ1v) is 8.57. The molecule has 0 saturated carbocycles. The Morgan fingerprint density at radius 1 is 1.19 bits per heavy atom. The van der Waals surface area contributed by atoms with E-state index >= 15 is 0 Å². The van der Waals surface area contributed by atoms with E-state index in [1.165, 1.54) is 6.07 Å². The van der Waals surface area contributed by atoms with Crippen molar-refractivity contribution in [2.75, 3.05) is 10.6 Å². The second kappa shape index (κ2) is 7.37. The Bertz CT molecular complexity index is 1000. The van der Waals surface area contributed by atoms with Gasteiger partial charge in [-0.25, -0.2) is 4.39 Å². The zero-order chi connectivity index (χ0) is 18.6. The number of carbonyl (C=O) groups is 1. The summed E-state index contributed by atoms with van der Waals surface area (Å²) in [6.45, 7) is 0.479. The van der Waals surface area contributed by atoms with Crippen molar-refractivity contribution >= 4 is 29.2 Å². The fourth-order valence-electron chi connectivity index (χ4n) is 2.97. The molecule has 4 rings (SSSR count). The third kappa shape index (κ3) is 3.69. The molecule has 1 aliphatic rings. The zero-order valence-corrected chi connectivity index (χ0v) is 14.4. The fraction of sp³-hybridized carbons (Fsp3) is 0.0952. The van der Waals surface area contributed by atoms with Crippen molar-refractivity contribution in [1.29, 1.82) is 0 Å². The highest BCUT2D eigenvalue weighted by Crippen LogP contribution is 2.31. The van der Waals surface area contributed by atoms with E-state index in [0.29, 0.717) is 17.9 Å². The number of anilines is 2. The number of fused-ring (bicyclic) bond motifs is 1. The Balaban J connectivity index is 1.46. The van der Waals surface area contributed by atoms with Crippen molar-refractivity contribution in [1.82, 2.24) is 4.98 Å². The lowest BCUT2D eigenvalue weighted by Gasteiger charge is -2.08. The van der Waals surface area contributed by atoms with Gasteiger partial charge in [-0.2, -0.15) is 0 Å². The highest BCUT2D eigenvalue weighted by molar-refractivity contribution is 6.12. The Morgan fingerprint density at radius 2 is 2.07 bits per heavy atom. The first-order valence-electron chi connectivity index (χ1n) is 8.57. The molecular formula is C21H17FN4O. The third-order valence-corrected chi connectivity index (χ3v) is 4.37. The molecule has 0 fully saturated rings. The van der Waals surface area contributed by atoms with Gasteiger partial charge in [0, 0.05) is 36.9 Å². The predicted octanol–water partition coefficient (Wildman–Crippen LogP) is 4.27. The molecule has 27 heavy (non-hydrogen) atoms. The summed E-state index contributed by atoms with van der Waals surface area (Å²) in [5.74, 6) is -0.993. The van der Waals surface area contributed by atoms with Crippen LogP contribution in [0, 0.1) is 5.82 Å².